The van der Waals surface area contributed by atoms with Gasteiger partial charge in [0.15, 0.2) is 0 Å². The van der Waals surface area contributed by atoms with E-state index < -0.39 is 53.3 Å². The van der Waals surface area contributed by atoms with E-state index in [-0.39, 0.29) is 12.6 Å². The lowest BCUT2D eigenvalue weighted by Crippen LogP contribution is -2.44. The van der Waals surface area contributed by atoms with Crippen LogP contribution < -0.4 is 5.32 Å². The number of nitrogens with one attached hydrogen (secondary N) is 1. The highest BCUT2D eigenvalue weighted by molar-refractivity contribution is 5.92. The largest absolute Gasteiger partial charge is 0.439 e. The summed E-state index contributed by atoms with van der Waals surface area (Å²) in [7, 11) is 0. The smallest absolute Gasteiger partial charge is 0.419 e. The Morgan fingerprint density at radius 1 is 1.12 bits per heavy atom. The second-order valence-electron chi connectivity index (χ2n) is 7.18. The van der Waals surface area contributed by atoms with Crippen LogP contribution in [0.15, 0.2) is 36.5 Å². The van der Waals surface area contributed by atoms with Gasteiger partial charge in [-0.25, -0.2) is 14.5 Å². The number of halogens is 6. The summed E-state index contributed by atoms with van der Waals surface area (Å²) in [4.78, 5) is 29.4. The summed E-state index contributed by atoms with van der Waals surface area (Å²) >= 11 is 0. The lowest BCUT2D eigenvalue weighted by atomic mass is 9.97. The van der Waals surface area contributed by atoms with E-state index in [2.05, 4.69) is 10.3 Å². The van der Waals surface area contributed by atoms with Crippen molar-refractivity contribution >= 4 is 12.1 Å². The minimum atomic E-state index is -5.06. The number of carbonyl (C=O) groups is 2. The summed E-state index contributed by atoms with van der Waals surface area (Å²) < 4.78 is 83.8. The fourth-order valence-corrected chi connectivity index (χ4v) is 3.27. The van der Waals surface area contributed by atoms with E-state index in [1.807, 2.05) is 0 Å². The molecule has 1 aliphatic rings. The van der Waals surface area contributed by atoms with Gasteiger partial charge in [0.1, 0.15) is 6.10 Å². The van der Waals surface area contributed by atoms with Crippen molar-refractivity contribution in [1.82, 2.24) is 15.2 Å². The number of cyclic esters (lactones) is 1. The molecule has 12 heteroatoms. The van der Waals surface area contributed by atoms with Crippen molar-refractivity contribution in [2.75, 3.05) is 0 Å². The molecular weight excluding hydrogens is 444 g/mol. The zero-order valence-electron chi connectivity index (χ0n) is 16.7. The number of ether oxygens (including phenoxy) is 1. The lowest BCUT2D eigenvalue weighted by Gasteiger charge is -2.21. The van der Waals surface area contributed by atoms with Gasteiger partial charge in [-0.3, -0.25) is 4.98 Å². The number of nitrogens with zero attached hydrogens (tertiary/aromatic N) is 2. The Labute approximate surface area is 178 Å². The van der Waals surface area contributed by atoms with Crippen LogP contribution in [0.1, 0.15) is 41.0 Å². The molecule has 3 rings (SSSR count). The normalized spacial score (nSPS) is 19.1. The molecule has 172 valence electrons. The van der Waals surface area contributed by atoms with Crippen molar-refractivity contribution in [3.8, 4) is 0 Å². The summed E-state index contributed by atoms with van der Waals surface area (Å²) in [6.07, 6.45) is -11.3. The van der Waals surface area contributed by atoms with Gasteiger partial charge in [-0.15, -0.1) is 0 Å². The molecular formula is C20H17F6N3O3. The standard InChI is InChI=1S/C20H17F6N3O3/c1-10-4-3-5-27-15(10)9-28-17(30)29-11(2)16(32-18(29)31)12-6-13(19(21,22)23)8-14(7-12)20(24,25)26/h3-8,11,16H,9H2,1-2H3,(H,28,30)/t11-,16-/m0/s1. The molecule has 1 aromatic heterocycles. The Bertz CT molecular complexity index is 1010. The summed E-state index contributed by atoms with van der Waals surface area (Å²) in [6.45, 7) is 2.99. The molecule has 0 bridgehead atoms. The SMILES string of the molecule is Cc1cccnc1CNC(=O)N1C(=O)O[C@H](c2cc(C(F)(F)F)cc(C(F)(F)F)c2)[C@@H]1C. The quantitative estimate of drug-likeness (QED) is 0.637. The van der Waals surface area contributed by atoms with Crippen molar-refractivity contribution < 1.29 is 40.7 Å². The van der Waals surface area contributed by atoms with Gasteiger partial charge in [0, 0.05) is 6.20 Å². The fraction of sp³-hybridized carbons (Fsp3) is 0.350. The van der Waals surface area contributed by atoms with Crippen molar-refractivity contribution in [3.05, 3.63) is 64.5 Å². The minimum absolute atomic E-state index is 0.0232. The van der Waals surface area contributed by atoms with Crippen molar-refractivity contribution in [2.24, 2.45) is 0 Å². The third-order valence-electron chi connectivity index (χ3n) is 4.95. The van der Waals surface area contributed by atoms with Crippen molar-refractivity contribution in [2.45, 2.75) is 44.9 Å². The number of imide groups is 1. The van der Waals surface area contributed by atoms with Gasteiger partial charge < -0.3 is 10.1 Å². The highest BCUT2D eigenvalue weighted by atomic mass is 19.4. The second-order valence-corrected chi connectivity index (χ2v) is 7.18. The summed E-state index contributed by atoms with van der Waals surface area (Å²) in [5.74, 6) is 0. The zero-order valence-corrected chi connectivity index (χ0v) is 16.7. The average Bonchev–Trinajstić information content (AvgIpc) is 2.99. The number of aromatic nitrogens is 1. The number of benzene rings is 1. The Kier molecular flexibility index (Phi) is 6.07. The van der Waals surface area contributed by atoms with Gasteiger partial charge in [-0.1, -0.05) is 6.07 Å². The van der Waals surface area contributed by atoms with E-state index in [1.165, 1.54) is 13.1 Å². The molecule has 0 radical (unpaired) electrons. The van der Waals surface area contributed by atoms with E-state index >= 15 is 0 Å². The number of alkyl halides is 6. The number of aryl methyl sites for hydroxylation is 1. The first-order valence-electron chi connectivity index (χ1n) is 9.26. The Balaban J connectivity index is 1.86. The topological polar surface area (TPSA) is 71.5 Å². The molecule has 3 amide bonds. The van der Waals surface area contributed by atoms with Crippen LogP contribution in [0.5, 0.6) is 0 Å². The van der Waals surface area contributed by atoms with E-state index in [0.717, 1.165) is 5.56 Å². The second kappa shape index (κ2) is 8.32. The van der Waals surface area contributed by atoms with Crippen LogP contribution in [-0.2, 0) is 23.6 Å². The first-order valence-corrected chi connectivity index (χ1v) is 9.26. The predicted octanol–water partition coefficient (Wildman–Crippen LogP) is 5.22. The van der Waals surface area contributed by atoms with Crippen LogP contribution in [0.2, 0.25) is 0 Å². The highest BCUT2D eigenvalue weighted by Crippen LogP contribution is 2.40. The van der Waals surface area contributed by atoms with Gasteiger partial charge in [0.05, 0.1) is 29.4 Å². The third-order valence-corrected chi connectivity index (χ3v) is 4.95. The number of rotatable bonds is 3. The summed E-state index contributed by atoms with van der Waals surface area (Å²) in [5, 5.41) is 2.45. The molecule has 1 aromatic carbocycles. The first kappa shape index (κ1) is 23.4. The molecule has 0 aliphatic carbocycles. The lowest BCUT2D eigenvalue weighted by molar-refractivity contribution is -0.143. The van der Waals surface area contributed by atoms with Crippen LogP contribution in [-0.4, -0.2) is 28.1 Å². The van der Waals surface area contributed by atoms with Gasteiger partial charge in [0.2, 0.25) is 0 Å². The molecule has 1 N–H and O–H groups in total. The summed E-state index contributed by atoms with van der Waals surface area (Å²) in [6, 6.07) is 2.28. The van der Waals surface area contributed by atoms with Crippen molar-refractivity contribution in [1.29, 1.82) is 0 Å². The van der Waals surface area contributed by atoms with Gasteiger partial charge in [0.25, 0.3) is 0 Å². The van der Waals surface area contributed by atoms with Crippen LogP contribution >= 0.6 is 0 Å². The van der Waals surface area contributed by atoms with E-state index in [9.17, 15) is 35.9 Å². The molecule has 1 aliphatic heterocycles. The number of carbonyl (C=O) groups excluding carboxylic acids is 2. The molecule has 1 fully saturated rings. The van der Waals surface area contributed by atoms with E-state index in [4.69, 9.17) is 4.74 Å². The average molecular weight is 461 g/mol. The molecule has 1 saturated heterocycles. The minimum Gasteiger partial charge on any atom is -0.439 e. The molecule has 2 atom stereocenters. The molecule has 32 heavy (non-hydrogen) atoms. The Morgan fingerprint density at radius 2 is 1.72 bits per heavy atom. The van der Waals surface area contributed by atoms with Gasteiger partial charge >= 0.3 is 24.5 Å². The van der Waals surface area contributed by atoms with Crippen LogP contribution in [0.3, 0.4) is 0 Å². The fourth-order valence-electron chi connectivity index (χ4n) is 3.27. The van der Waals surface area contributed by atoms with Gasteiger partial charge in [-0.2, -0.15) is 26.3 Å². The number of amides is 3. The monoisotopic (exact) mass is 461 g/mol. The maximum atomic E-state index is 13.1. The number of hydrogen-bond acceptors (Lipinski definition) is 4. The predicted molar refractivity (Wildman–Crippen MR) is 98.2 cm³/mol. The Hall–Kier alpha value is -3.31. The highest BCUT2D eigenvalue weighted by Gasteiger charge is 2.45. The zero-order chi connectivity index (χ0) is 23.8. The van der Waals surface area contributed by atoms with Crippen molar-refractivity contribution in [3.63, 3.8) is 0 Å². The number of pyridine rings is 1. The number of hydrogen-bond donors (Lipinski definition) is 1. The maximum Gasteiger partial charge on any atom is 0.419 e. The van der Waals surface area contributed by atoms with E-state index in [1.54, 1.807) is 19.1 Å². The maximum absolute atomic E-state index is 13.1. The number of urea groups is 1. The molecule has 2 heterocycles. The molecule has 0 spiro atoms. The van der Waals surface area contributed by atoms with Crippen LogP contribution in [0.4, 0.5) is 35.9 Å². The van der Waals surface area contributed by atoms with Crippen LogP contribution in [0.25, 0.3) is 0 Å². The third kappa shape index (κ3) is 4.78. The molecule has 6 nitrogen and oxygen atoms in total. The molecule has 0 unspecified atom stereocenters. The molecule has 2 aromatic rings. The molecule has 0 saturated carbocycles. The van der Waals surface area contributed by atoms with Crippen LogP contribution in [0, 0.1) is 6.92 Å². The Morgan fingerprint density at radius 3 is 2.25 bits per heavy atom. The summed E-state index contributed by atoms with van der Waals surface area (Å²) in [5.41, 5.74) is -2.32. The van der Waals surface area contributed by atoms with E-state index in [0.29, 0.717) is 22.7 Å². The van der Waals surface area contributed by atoms with Gasteiger partial charge in [-0.05, 0) is 49.2 Å². The first-order chi connectivity index (χ1) is 14.8.